The molecule has 0 saturated heterocycles. The van der Waals surface area contributed by atoms with Gasteiger partial charge in [-0.15, -0.1) is 0 Å². The Morgan fingerprint density at radius 2 is 1.39 bits per heavy atom. The van der Waals surface area contributed by atoms with E-state index in [0.29, 0.717) is 36.2 Å². The first-order valence-corrected chi connectivity index (χ1v) is 10.0. The third-order valence-electron chi connectivity index (χ3n) is 4.76. The summed E-state index contributed by atoms with van der Waals surface area (Å²) in [4.78, 5) is 35.2. The molecule has 3 aromatic rings. The Morgan fingerprint density at radius 3 is 2.03 bits per heavy atom. The molecule has 158 valence electrons. The van der Waals surface area contributed by atoms with Crippen LogP contribution in [0.15, 0.2) is 78.9 Å². The topological polar surface area (TPSA) is 95.5 Å². The molecule has 0 heterocycles. The van der Waals surface area contributed by atoms with E-state index in [-0.39, 0.29) is 18.2 Å². The van der Waals surface area contributed by atoms with Gasteiger partial charge in [0.2, 0.25) is 5.91 Å². The Bertz CT molecular complexity index is 1030. The van der Waals surface area contributed by atoms with Crippen LogP contribution in [0, 0.1) is 0 Å². The molecule has 3 rings (SSSR count). The lowest BCUT2D eigenvalue weighted by Crippen LogP contribution is -2.23. The van der Waals surface area contributed by atoms with Gasteiger partial charge in [-0.25, -0.2) is 0 Å². The van der Waals surface area contributed by atoms with E-state index in [1.807, 2.05) is 42.5 Å². The summed E-state index contributed by atoms with van der Waals surface area (Å²) in [6.45, 7) is 0.403. The normalized spacial score (nSPS) is 10.3. The minimum Gasteiger partial charge on any atom is -0.481 e. The summed E-state index contributed by atoms with van der Waals surface area (Å²) in [5, 5.41) is 14.5. The Kier molecular flexibility index (Phi) is 7.54. The van der Waals surface area contributed by atoms with Gasteiger partial charge in [0.1, 0.15) is 0 Å². The number of carboxylic acids is 1. The first-order valence-electron chi connectivity index (χ1n) is 10.0. The first kappa shape index (κ1) is 21.8. The van der Waals surface area contributed by atoms with Gasteiger partial charge in [-0.3, -0.25) is 14.4 Å². The summed E-state index contributed by atoms with van der Waals surface area (Å²) in [5.41, 5.74) is 3.79. The molecule has 0 aliphatic carbocycles. The van der Waals surface area contributed by atoms with Crippen molar-refractivity contribution in [2.75, 3.05) is 5.32 Å². The molecule has 6 heteroatoms. The van der Waals surface area contributed by atoms with Gasteiger partial charge >= 0.3 is 5.97 Å². The Hall–Kier alpha value is -3.93. The fourth-order valence-electron chi connectivity index (χ4n) is 3.05. The summed E-state index contributed by atoms with van der Waals surface area (Å²) in [6, 6.07) is 23.6. The maximum absolute atomic E-state index is 12.4. The molecule has 0 aliphatic rings. The monoisotopic (exact) mass is 416 g/mol. The Balaban J connectivity index is 1.46. The van der Waals surface area contributed by atoms with Crippen LogP contribution in [0.5, 0.6) is 0 Å². The molecule has 31 heavy (non-hydrogen) atoms. The molecule has 0 spiro atoms. The van der Waals surface area contributed by atoms with Crippen LogP contribution >= 0.6 is 0 Å². The summed E-state index contributed by atoms with van der Waals surface area (Å²) in [7, 11) is 0. The number of amides is 2. The maximum atomic E-state index is 12.4. The summed E-state index contributed by atoms with van der Waals surface area (Å²) in [5.74, 6) is -1.18. The molecule has 0 radical (unpaired) electrons. The highest BCUT2D eigenvalue weighted by Gasteiger charge is 2.08. The summed E-state index contributed by atoms with van der Waals surface area (Å²) in [6.07, 6.45) is 1.07. The Morgan fingerprint density at radius 1 is 0.742 bits per heavy atom. The van der Waals surface area contributed by atoms with E-state index < -0.39 is 5.97 Å². The van der Waals surface area contributed by atoms with Crippen LogP contribution in [0.4, 0.5) is 5.69 Å². The smallest absolute Gasteiger partial charge is 0.307 e. The molecular formula is C25H24N2O4. The number of carbonyl (C=O) groups excluding carboxylic acids is 2. The highest BCUT2D eigenvalue weighted by atomic mass is 16.4. The highest BCUT2D eigenvalue weighted by molar-refractivity contribution is 6.04. The van der Waals surface area contributed by atoms with E-state index in [9.17, 15) is 14.4 Å². The first-order chi connectivity index (χ1) is 15.0. The molecule has 0 atom stereocenters. The second-order valence-corrected chi connectivity index (χ2v) is 7.18. The van der Waals surface area contributed by atoms with Crippen molar-refractivity contribution in [3.8, 4) is 0 Å². The number of hydrogen-bond acceptors (Lipinski definition) is 3. The van der Waals surface area contributed by atoms with E-state index in [4.69, 9.17) is 5.11 Å². The van der Waals surface area contributed by atoms with Crippen molar-refractivity contribution in [1.29, 1.82) is 0 Å². The zero-order valence-electron chi connectivity index (χ0n) is 17.0. The van der Waals surface area contributed by atoms with Gasteiger partial charge in [0.15, 0.2) is 0 Å². The van der Waals surface area contributed by atoms with Gasteiger partial charge in [-0.2, -0.15) is 0 Å². The lowest BCUT2D eigenvalue weighted by Gasteiger charge is -2.08. The predicted octanol–water partition coefficient (Wildman–Crippen LogP) is 3.82. The van der Waals surface area contributed by atoms with Crippen LogP contribution in [0.1, 0.15) is 33.5 Å². The van der Waals surface area contributed by atoms with E-state index in [0.717, 1.165) is 11.1 Å². The van der Waals surface area contributed by atoms with Crippen LogP contribution < -0.4 is 10.6 Å². The SMILES string of the molecule is O=C(O)Cc1ccc(NC(=O)c2ccc(CNC(=O)CCc3ccccc3)cc2)cc1. The lowest BCUT2D eigenvalue weighted by molar-refractivity contribution is -0.136. The molecule has 2 amide bonds. The minimum absolute atomic E-state index is 0.0167. The number of anilines is 1. The molecule has 0 fully saturated rings. The zero-order chi connectivity index (χ0) is 22.1. The van der Waals surface area contributed by atoms with Crippen LogP contribution in [0.25, 0.3) is 0 Å². The zero-order valence-corrected chi connectivity index (χ0v) is 17.0. The Labute approximate surface area is 180 Å². The molecule has 3 N–H and O–H groups in total. The van der Waals surface area contributed by atoms with Crippen molar-refractivity contribution in [1.82, 2.24) is 5.32 Å². The summed E-state index contributed by atoms with van der Waals surface area (Å²) < 4.78 is 0. The van der Waals surface area contributed by atoms with Crippen LogP contribution in [-0.4, -0.2) is 22.9 Å². The second kappa shape index (κ2) is 10.7. The fourth-order valence-corrected chi connectivity index (χ4v) is 3.05. The van der Waals surface area contributed by atoms with E-state index in [1.165, 1.54) is 0 Å². The number of aliphatic carboxylic acids is 1. The van der Waals surface area contributed by atoms with Crippen molar-refractivity contribution < 1.29 is 19.5 Å². The number of nitrogens with one attached hydrogen (secondary N) is 2. The third kappa shape index (κ3) is 7.12. The summed E-state index contributed by atoms with van der Waals surface area (Å²) >= 11 is 0. The van der Waals surface area contributed by atoms with Crippen LogP contribution in [-0.2, 0) is 29.0 Å². The van der Waals surface area contributed by atoms with Crippen molar-refractivity contribution in [2.24, 2.45) is 0 Å². The molecule has 3 aromatic carbocycles. The van der Waals surface area contributed by atoms with Gasteiger partial charge in [0, 0.05) is 24.2 Å². The number of hydrogen-bond donors (Lipinski definition) is 3. The van der Waals surface area contributed by atoms with Gasteiger partial charge < -0.3 is 15.7 Å². The van der Waals surface area contributed by atoms with Crippen LogP contribution in [0.2, 0.25) is 0 Å². The number of aryl methyl sites for hydroxylation is 1. The van der Waals surface area contributed by atoms with Gasteiger partial charge in [0.25, 0.3) is 5.91 Å². The molecular weight excluding hydrogens is 392 g/mol. The number of carbonyl (C=O) groups is 3. The van der Waals surface area contributed by atoms with Gasteiger partial charge in [-0.05, 0) is 47.4 Å². The lowest BCUT2D eigenvalue weighted by atomic mass is 10.1. The molecule has 0 bridgehead atoms. The predicted molar refractivity (Wildman–Crippen MR) is 119 cm³/mol. The highest BCUT2D eigenvalue weighted by Crippen LogP contribution is 2.13. The number of benzene rings is 3. The van der Waals surface area contributed by atoms with Crippen molar-refractivity contribution in [3.05, 3.63) is 101 Å². The van der Waals surface area contributed by atoms with Crippen molar-refractivity contribution in [2.45, 2.75) is 25.8 Å². The minimum atomic E-state index is -0.899. The average Bonchev–Trinajstić information content (AvgIpc) is 2.78. The maximum Gasteiger partial charge on any atom is 0.307 e. The number of rotatable bonds is 9. The molecule has 0 unspecified atom stereocenters. The van der Waals surface area contributed by atoms with E-state index in [1.54, 1.807) is 36.4 Å². The standard InChI is InChI=1S/C25H24N2O4/c28-23(15-10-18-4-2-1-3-5-18)26-17-20-6-11-21(12-7-20)25(31)27-22-13-8-19(9-14-22)16-24(29)30/h1-9,11-14H,10,15-17H2,(H,26,28)(H,27,31)(H,29,30). The molecule has 0 aromatic heterocycles. The third-order valence-corrected chi connectivity index (χ3v) is 4.76. The quantitative estimate of drug-likeness (QED) is 0.494. The van der Waals surface area contributed by atoms with E-state index in [2.05, 4.69) is 10.6 Å². The van der Waals surface area contributed by atoms with Gasteiger partial charge in [0.05, 0.1) is 6.42 Å². The molecule has 0 aliphatic heterocycles. The number of carboxylic acid groups (broad SMARTS) is 1. The fraction of sp³-hybridized carbons (Fsp3) is 0.160. The molecule has 6 nitrogen and oxygen atoms in total. The van der Waals surface area contributed by atoms with E-state index >= 15 is 0 Å². The van der Waals surface area contributed by atoms with Crippen LogP contribution in [0.3, 0.4) is 0 Å². The largest absolute Gasteiger partial charge is 0.481 e. The second-order valence-electron chi connectivity index (χ2n) is 7.18. The van der Waals surface area contributed by atoms with Gasteiger partial charge in [-0.1, -0.05) is 54.6 Å². The van der Waals surface area contributed by atoms with Crippen molar-refractivity contribution in [3.63, 3.8) is 0 Å². The molecule has 0 saturated carbocycles. The van der Waals surface area contributed by atoms with Crippen molar-refractivity contribution >= 4 is 23.5 Å². The average molecular weight is 416 g/mol.